The average molecular weight is 293 g/mol. The van der Waals surface area contributed by atoms with Crippen molar-refractivity contribution in [3.8, 4) is 5.75 Å². The fourth-order valence-corrected chi connectivity index (χ4v) is 2.99. The number of methoxy groups -OCH3 is 1. The van der Waals surface area contributed by atoms with Crippen molar-refractivity contribution in [2.24, 2.45) is 5.92 Å². The van der Waals surface area contributed by atoms with Crippen LogP contribution in [0.4, 0.5) is 0 Å². The lowest BCUT2D eigenvalue weighted by Gasteiger charge is -2.35. The molecule has 0 aromatic heterocycles. The summed E-state index contributed by atoms with van der Waals surface area (Å²) in [5.41, 5.74) is 1.12. The van der Waals surface area contributed by atoms with Crippen LogP contribution >= 0.6 is 0 Å². The van der Waals surface area contributed by atoms with Gasteiger partial charge < -0.3 is 14.6 Å². The first kappa shape index (κ1) is 15.8. The first-order valence-corrected chi connectivity index (χ1v) is 7.28. The molecule has 0 saturated carbocycles. The van der Waals surface area contributed by atoms with E-state index in [0.717, 1.165) is 17.9 Å². The van der Waals surface area contributed by atoms with E-state index in [-0.39, 0.29) is 12.1 Å². The number of carboxylic acid groups (broad SMARTS) is 1. The van der Waals surface area contributed by atoms with Crippen molar-refractivity contribution in [1.82, 2.24) is 4.90 Å². The fourth-order valence-electron chi connectivity index (χ4n) is 2.99. The first-order chi connectivity index (χ1) is 10.1. The van der Waals surface area contributed by atoms with E-state index in [9.17, 15) is 9.90 Å². The van der Waals surface area contributed by atoms with Crippen molar-refractivity contribution in [1.29, 1.82) is 0 Å². The summed E-state index contributed by atoms with van der Waals surface area (Å²) in [7, 11) is 1.65. The molecule has 1 aromatic carbocycles. The van der Waals surface area contributed by atoms with E-state index >= 15 is 0 Å². The zero-order valence-corrected chi connectivity index (χ0v) is 12.8. The molecule has 0 bridgehead atoms. The topological polar surface area (TPSA) is 59.0 Å². The van der Waals surface area contributed by atoms with Gasteiger partial charge in [0.15, 0.2) is 0 Å². The third-order valence-corrected chi connectivity index (χ3v) is 4.23. The molecule has 1 heterocycles. The lowest BCUT2D eigenvalue weighted by Crippen LogP contribution is -2.44. The maximum absolute atomic E-state index is 11.4. The van der Waals surface area contributed by atoms with Crippen LogP contribution in [0.15, 0.2) is 24.3 Å². The molecule has 21 heavy (non-hydrogen) atoms. The quantitative estimate of drug-likeness (QED) is 0.871. The molecule has 116 valence electrons. The van der Waals surface area contributed by atoms with E-state index in [1.165, 1.54) is 0 Å². The van der Waals surface area contributed by atoms with Crippen molar-refractivity contribution in [3.05, 3.63) is 29.8 Å². The highest BCUT2D eigenvalue weighted by Crippen LogP contribution is 2.30. The van der Waals surface area contributed by atoms with Crippen LogP contribution in [0.3, 0.4) is 0 Å². The maximum Gasteiger partial charge on any atom is 0.310 e. The number of rotatable bonds is 6. The van der Waals surface area contributed by atoms with Crippen LogP contribution in [0, 0.1) is 5.92 Å². The maximum atomic E-state index is 11.4. The summed E-state index contributed by atoms with van der Waals surface area (Å²) in [6.07, 6.45) is 0. The van der Waals surface area contributed by atoms with E-state index in [2.05, 4.69) is 11.8 Å². The SMILES string of the molecule is CCN(C(C)c1cccc(OC)c1)C1COCC1C(=O)O. The summed E-state index contributed by atoms with van der Waals surface area (Å²) in [4.78, 5) is 13.6. The minimum Gasteiger partial charge on any atom is -0.497 e. The molecular formula is C16H23NO4. The van der Waals surface area contributed by atoms with Crippen molar-refractivity contribution in [2.75, 3.05) is 26.9 Å². The van der Waals surface area contributed by atoms with Crippen molar-refractivity contribution < 1.29 is 19.4 Å². The van der Waals surface area contributed by atoms with E-state index in [1.54, 1.807) is 7.11 Å². The Morgan fingerprint density at radius 2 is 2.29 bits per heavy atom. The second-order valence-electron chi connectivity index (χ2n) is 5.33. The lowest BCUT2D eigenvalue weighted by molar-refractivity contribution is -0.143. The summed E-state index contributed by atoms with van der Waals surface area (Å²) in [5.74, 6) is -0.431. The fraction of sp³-hybridized carbons (Fsp3) is 0.562. The molecule has 0 aliphatic carbocycles. The summed E-state index contributed by atoms with van der Waals surface area (Å²) >= 11 is 0. The Morgan fingerprint density at radius 3 is 2.90 bits per heavy atom. The molecule has 5 nitrogen and oxygen atoms in total. The highest BCUT2D eigenvalue weighted by Gasteiger charge is 2.39. The Hall–Kier alpha value is -1.59. The second kappa shape index (κ2) is 6.91. The van der Waals surface area contributed by atoms with Crippen LogP contribution < -0.4 is 4.74 Å². The number of hydrogen-bond donors (Lipinski definition) is 1. The molecular weight excluding hydrogens is 270 g/mol. The molecule has 0 radical (unpaired) electrons. The van der Waals surface area contributed by atoms with Gasteiger partial charge in [0, 0.05) is 12.1 Å². The first-order valence-electron chi connectivity index (χ1n) is 7.28. The number of carbonyl (C=O) groups is 1. The molecule has 2 rings (SSSR count). The smallest absolute Gasteiger partial charge is 0.310 e. The standard InChI is InChI=1S/C16H23NO4/c1-4-17(15-10-21-9-14(15)16(18)19)11(2)12-6-5-7-13(8-12)20-3/h5-8,11,14-15H,4,9-10H2,1-3H3,(H,18,19). The Bertz CT molecular complexity index is 491. The molecule has 1 N–H and O–H groups in total. The number of nitrogens with zero attached hydrogens (tertiary/aromatic N) is 1. The van der Waals surface area contributed by atoms with E-state index < -0.39 is 11.9 Å². The van der Waals surface area contributed by atoms with Gasteiger partial charge in [-0.25, -0.2) is 0 Å². The number of carboxylic acids is 1. The zero-order valence-electron chi connectivity index (χ0n) is 12.8. The van der Waals surface area contributed by atoms with Gasteiger partial charge in [-0.2, -0.15) is 0 Å². The lowest BCUT2D eigenvalue weighted by atomic mass is 9.98. The number of aliphatic carboxylic acids is 1. The molecule has 1 saturated heterocycles. The number of likely N-dealkylation sites (N-methyl/N-ethyl adjacent to an activating group) is 1. The van der Waals surface area contributed by atoms with Gasteiger partial charge >= 0.3 is 5.97 Å². The minimum absolute atomic E-state index is 0.0892. The van der Waals surface area contributed by atoms with Crippen LogP contribution in [0.2, 0.25) is 0 Å². The summed E-state index contributed by atoms with van der Waals surface area (Å²) < 4.78 is 10.7. The predicted octanol–water partition coefficient (Wildman–Crippen LogP) is 2.18. The van der Waals surface area contributed by atoms with Crippen molar-refractivity contribution >= 4 is 5.97 Å². The minimum atomic E-state index is -0.784. The summed E-state index contributed by atoms with van der Waals surface area (Å²) in [6, 6.07) is 7.93. The van der Waals surface area contributed by atoms with Gasteiger partial charge in [0.1, 0.15) is 5.75 Å². The number of benzene rings is 1. The average Bonchev–Trinajstić information content (AvgIpc) is 2.97. The van der Waals surface area contributed by atoms with Gasteiger partial charge in [-0.3, -0.25) is 9.69 Å². The predicted molar refractivity (Wildman–Crippen MR) is 79.5 cm³/mol. The van der Waals surface area contributed by atoms with E-state index in [4.69, 9.17) is 9.47 Å². The molecule has 1 aliphatic heterocycles. The number of hydrogen-bond acceptors (Lipinski definition) is 4. The molecule has 1 aliphatic rings. The summed E-state index contributed by atoms with van der Waals surface area (Å²) in [6.45, 7) is 5.68. The van der Waals surface area contributed by atoms with Crippen molar-refractivity contribution in [3.63, 3.8) is 0 Å². The largest absolute Gasteiger partial charge is 0.497 e. The van der Waals surface area contributed by atoms with Crippen LogP contribution in [0.25, 0.3) is 0 Å². The Kier molecular flexibility index (Phi) is 5.20. The Balaban J connectivity index is 2.21. The molecule has 3 unspecified atom stereocenters. The van der Waals surface area contributed by atoms with Gasteiger partial charge in [0.2, 0.25) is 0 Å². The van der Waals surface area contributed by atoms with Gasteiger partial charge in [-0.1, -0.05) is 19.1 Å². The molecule has 1 aromatic rings. The molecule has 0 amide bonds. The van der Waals surface area contributed by atoms with Crippen LogP contribution in [0.5, 0.6) is 5.75 Å². The second-order valence-corrected chi connectivity index (χ2v) is 5.33. The van der Waals surface area contributed by atoms with Gasteiger partial charge in [-0.05, 0) is 31.2 Å². The highest BCUT2D eigenvalue weighted by molar-refractivity contribution is 5.71. The summed E-state index contributed by atoms with van der Waals surface area (Å²) in [5, 5.41) is 9.34. The van der Waals surface area contributed by atoms with E-state index in [0.29, 0.717) is 13.2 Å². The van der Waals surface area contributed by atoms with Crippen LogP contribution in [0.1, 0.15) is 25.5 Å². The normalized spacial score (nSPS) is 23.2. The molecule has 1 fully saturated rings. The molecule has 5 heteroatoms. The van der Waals surface area contributed by atoms with Crippen LogP contribution in [-0.4, -0.2) is 48.9 Å². The van der Waals surface area contributed by atoms with Crippen molar-refractivity contribution in [2.45, 2.75) is 25.9 Å². The molecule has 0 spiro atoms. The number of ether oxygens (including phenoxy) is 2. The monoisotopic (exact) mass is 293 g/mol. The highest BCUT2D eigenvalue weighted by atomic mass is 16.5. The van der Waals surface area contributed by atoms with Crippen LogP contribution in [-0.2, 0) is 9.53 Å². The van der Waals surface area contributed by atoms with E-state index in [1.807, 2.05) is 31.2 Å². The zero-order chi connectivity index (χ0) is 15.4. The van der Waals surface area contributed by atoms with Gasteiger partial charge in [0.25, 0.3) is 0 Å². The van der Waals surface area contributed by atoms with Gasteiger partial charge in [0.05, 0.1) is 26.2 Å². The van der Waals surface area contributed by atoms with Gasteiger partial charge in [-0.15, -0.1) is 0 Å². The Morgan fingerprint density at radius 1 is 1.52 bits per heavy atom. The third kappa shape index (κ3) is 3.36. The molecule has 3 atom stereocenters. The Labute approximate surface area is 125 Å². The third-order valence-electron chi connectivity index (χ3n) is 4.23.